The van der Waals surface area contributed by atoms with Crippen molar-refractivity contribution in [3.8, 4) is 11.6 Å². The van der Waals surface area contributed by atoms with E-state index >= 15 is 0 Å². The lowest BCUT2D eigenvalue weighted by atomic mass is 9.93. The average molecular weight is 638 g/mol. The minimum absolute atomic E-state index is 0.00188. The highest BCUT2D eigenvalue weighted by atomic mass is 16.5. The number of benzene rings is 1. The first-order valence-corrected chi connectivity index (χ1v) is 16.1. The van der Waals surface area contributed by atoms with E-state index in [1.54, 1.807) is 21.9 Å². The number of carbonyl (C=O) groups is 5. The number of carbonyl (C=O) groups excluding carboxylic acids is 4. The molecule has 0 bridgehead atoms. The summed E-state index contributed by atoms with van der Waals surface area (Å²) in [4.78, 5) is 68.9. The Labute approximate surface area is 268 Å². The number of piperazine rings is 1. The Kier molecular flexibility index (Phi) is 10.4. The van der Waals surface area contributed by atoms with E-state index in [0.717, 1.165) is 25.7 Å². The second kappa shape index (κ2) is 14.6. The number of aromatic nitrogens is 2. The minimum atomic E-state index is -1.03. The smallest absolute Gasteiger partial charge is 0.407 e. The van der Waals surface area contributed by atoms with Crippen LogP contribution in [0.3, 0.4) is 0 Å². The summed E-state index contributed by atoms with van der Waals surface area (Å²) in [5.41, 5.74) is 0.607. The third-order valence-corrected chi connectivity index (χ3v) is 9.21. The van der Waals surface area contributed by atoms with Crippen LogP contribution in [-0.4, -0.2) is 117 Å². The van der Waals surface area contributed by atoms with Gasteiger partial charge in [-0.3, -0.25) is 19.2 Å². The molecule has 0 spiro atoms. The number of hydrogen-bond donors (Lipinski definition) is 3. The molecule has 0 radical (unpaired) electrons. The molecule has 3 aliphatic rings. The minimum Gasteiger partial charge on any atom is -0.467 e. The Morgan fingerprint density at radius 3 is 2.30 bits per heavy atom. The van der Waals surface area contributed by atoms with E-state index in [1.165, 1.54) is 15.6 Å². The molecule has 248 valence electrons. The van der Waals surface area contributed by atoms with Crippen LogP contribution in [0, 0.1) is 5.92 Å². The number of amides is 5. The van der Waals surface area contributed by atoms with Crippen molar-refractivity contribution < 1.29 is 33.8 Å². The first kappa shape index (κ1) is 32.8. The van der Waals surface area contributed by atoms with Gasteiger partial charge >= 0.3 is 6.09 Å². The normalized spacial score (nSPS) is 19.6. The molecule has 1 saturated carbocycles. The quantitative estimate of drug-likeness (QED) is 0.336. The second-order valence-electron chi connectivity index (χ2n) is 12.2. The van der Waals surface area contributed by atoms with Crippen LogP contribution in [0.2, 0.25) is 0 Å². The molecule has 1 aromatic carbocycles. The number of ether oxygens (including phenoxy) is 1. The van der Waals surface area contributed by atoms with Gasteiger partial charge in [-0.2, -0.15) is 5.10 Å². The molecule has 14 heteroatoms. The molecule has 2 aliphatic heterocycles. The van der Waals surface area contributed by atoms with Gasteiger partial charge < -0.3 is 35.2 Å². The zero-order valence-corrected chi connectivity index (χ0v) is 26.4. The van der Waals surface area contributed by atoms with Crippen molar-refractivity contribution in [3.63, 3.8) is 0 Å². The van der Waals surface area contributed by atoms with Gasteiger partial charge in [-0.1, -0.05) is 38.5 Å². The molecule has 46 heavy (non-hydrogen) atoms. The standard InChI is InChI=1S/C32H43N7O7/c1-3-21(2)28(31(43)36-15-17-37(18-16-36)32(44)45)34-29(41)24-19-27(39(35-24)23-11-5-4-6-12-23)46-20-26(40)38-14-8-13-25(38)30(42)33-22-9-7-10-22/h4-6,11-12,19,21-22,25,28H,3,7-10,13-18,20H2,1-2H3,(H,33,42)(H,34,41)(H,44,45)/t21-,25-,28-/m0/s1. The number of nitrogens with one attached hydrogen (secondary N) is 2. The summed E-state index contributed by atoms with van der Waals surface area (Å²) < 4.78 is 7.38. The van der Waals surface area contributed by atoms with Crippen molar-refractivity contribution in [2.75, 3.05) is 39.3 Å². The van der Waals surface area contributed by atoms with Crippen LogP contribution in [-0.2, 0) is 14.4 Å². The maximum Gasteiger partial charge on any atom is 0.407 e. The maximum absolute atomic E-state index is 13.6. The fraction of sp³-hybridized carbons (Fsp3) is 0.562. The van der Waals surface area contributed by atoms with Gasteiger partial charge in [0.15, 0.2) is 12.3 Å². The number of hydrogen-bond acceptors (Lipinski definition) is 7. The highest BCUT2D eigenvalue weighted by Gasteiger charge is 2.36. The zero-order chi connectivity index (χ0) is 32.8. The first-order chi connectivity index (χ1) is 22.2. The molecule has 3 atom stereocenters. The number of likely N-dealkylation sites (tertiary alicyclic amines) is 1. The van der Waals surface area contributed by atoms with Gasteiger partial charge in [-0.15, -0.1) is 0 Å². The van der Waals surface area contributed by atoms with E-state index in [1.807, 2.05) is 32.0 Å². The van der Waals surface area contributed by atoms with Gasteiger partial charge in [0.2, 0.25) is 17.7 Å². The fourth-order valence-electron chi connectivity index (χ4n) is 5.95. The Hall–Kier alpha value is -4.62. The highest BCUT2D eigenvalue weighted by molar-refractivity contribution is 5.96. The fourth-order valence-corrected chi connectivity index (χ4v) is 5.95. The molecule has 3 heterocycles. The molecule has 3 fully saturated rings. The van der Waals surface area contributed by atoms with Gasteiger partial charge in [0.1, 0.15) is 12.1 Å². The van der Waals surface area contributed by atoms with Crippen molar-refractivity contribution in [1.82, 2.24) is 35.1 Å². The third kappa shape index (κ3) is 7.43. The molecule has 0 unspecified atom stereocenters. The lowest BCUT2D eigenvalue weighted by Crippen LogP contribution is -2.57. The lowest BCUT2D eigenvalue weighted by molar-refractivity contribution is -0.140. The topological polar surface area (TPSA) is 166 Å². The van der Waals surface area contributed by atoms with E-state index in [-0.39, 0.29) is 74.0 Å². The zero-order valence-electron chi connectivity index (χ0n) is 26.4. The van der Waals surface area contributed by atoms with Gasteiger partial charge in [-0.25, -0.2) is 9.48 Å². The van der Waals surface area contributed by atoms with Crippen molar-refractivity contribution >= 4 is 29.7 Å². The summed E-state index contributed by atoms with van der Waals surface area (Å²) in [5.74, 6) is -1.36. The molecule has 2 aromatic rings. The summed E-state index contributed by atoms with van der Waals surface area (Å²) in [6, 6.07) is 9.27. The third-order valence-electron chi connectivity index (χ3n) is 9.21. The molecule has 5 rings (SSSR count). The number of rotatable bonds is 11. The summed E-state index contributed by atoms with van der Waals surface area (Å²) in [6.07, 6.45) is 3.95. The van der Waals surface area contributed by atoms with Crippen LogP contribution in [0.25, 0.3) is 5.69 Å². The van der Waals surface area contributed by atoms with Crippen LogP contribution in [0.4, 0.5) is 4.79 Å². The van der Waals surface area contributed by atoms with E-state index in [4.69, 9.17) is 4.74 Å². The van der Waals surface area contributed by atoms with E-state index in [9.17, 15) is 29.1 Å². The van der Waals surface area contributed by atoms with E-state index in [2.05, 4.69) is 15.7 Å². The van der Waals surface area contributed by atoms with Crippen molar-refractivity contribution in [1.29, 1.82) is 0 Å². The average Bonchev–Trinajstić information content (AvgIpc) is 3.72. The van der Waals surface area contributed by atoms with Crippen molar-refractivity contribution in [3.05, 3.63) is 42.1 Å². The van der Waals surface area contributed by atoms with E-state index < -0.39 is 24.1 Å². The summed E-state index contributed by atoms with van der Waals surface area (Å²) >= 11 is 0. The SMILES string of the molecule is CC[C@H](C)[C@H](NC(=O)c1cc(OCC(=O)N2CCC[C@H]2C(=O)NC2CCC2)n(-c2ccccc2)n1)C(=O)N1CCN(C(=O)O)CC1. The number of carboxylic acid groups (broad SMARTS) is 1. The molecule has 5 amide bonds. The van der Waals surface area contributed by atoms with Gasteiger partial charge in [0, 0.05) is 44.8 Å². The van der Waals surface area contributed by atoms with Crippen LogP contribution in [0.5, 0.6) is 5.88 Å². The van der Waals surface area contributed by atoms with Crippen molar-refractivity contribution in [2.45, 2.75) is 70.5 Å². The molecular weight excluding hydrogens is 594 g/mol. The van der Waals surface area contributed by atoms with Gasteiger partial charge in [0.25, 0.3) is 11.8 Å². The lowest BCUT2D eigenvalue weighted by Gasteiger charge is -2.36. The Morgan fingerprint density at radius 2 is 1.67 bits per heavy atom. The summed E-state index contributed by atoms with van der Waals surface area (Å²) in [7, 11) is 0. The largest absolute Gasteiger partial charge is 0.467 e. The maximum atomic E-state index is 13.6. The van der Waals surface area contributed by atoms with Crippen LogP contribution in [0.15, 0.2) is 36.4 Å². The predicted molar refractivity (Wildman–Crippen MR) is 166 cm³/mol. The Balaban J connectivity index is 1.29. The Bertz CT molecular complexity index is 1420. The monoisotopic (exact) mass is 637 g/mol. The number of nitrogens with zero attached hydrogens (tertiary/aromatic N) is 5. The Morgan fingerprint density at radius 1 is 0.978 bits per heavy atom. The molecule has 2 saturated heterocycles. The highest BCUT2D eigenvalue weighted by Crippen LogP contribution is 2.24. The first-order valence-electron chi connectivity index (χ1n) is 16.1. The second-order valence-corrected chi connectivity index (χ2v) is 12.2. The van der Waals surface area contributed by atoms with Crippen molar-refractivity contribution in [2.24, 2.45) is 5.92 Å². The molecule has 1 aromatic heterocycles. The summed E-state index contributed by atoms with van der Waals surface area (Å²) in [5, 5.41) is 19.6. The molecular formula is C32H43N7O7. The van der Waals surface area contributed by atoms with Crippen LogP contribution in [0.1, 0.15) is 62.9 Å². The van der Waals surface area contributed by atoms with Gasteiger partial charge in [0.05, 0.1) is 5.69 Å². The number of para-hydroxylation sites is 1. The molecule has 1 aliphatic carbocycles. The van der Waals surface area contributed by atoms with E-state index in [0.29, 0.717) is 25.1 Å². The van der Waals surface area contributed by atoms with Crippen LogP contribution < -0.4 is 15.4 Å². The van der Waals surface area contributed by atoms with Gasteiger partial charge in [-0.05, 0) is 50.2 Å². The summed E-state index contributed by atoms with van der Waals surface area (Å²) in [6.45, 7) is 4.80. The predicted octanol–water partition coefficient (Wildman–Crippen LogP) is 1.88. The molecule has 14 nitrogen and oxygen atoms in total. The van der Waals surface area contributed by atoms with Crippen LogP contribution >= 0.6 is 0 Å². The molecule has 3 N–H and O–H groups in total.